The van der Waals surface area contributed by atoms with Gasteiger partial charge in [-0.15, -0.1) is 0 Å². The Morgan fingerprint density at radius 2 is 1.68 bits per heavy atom. The summed E-state index contributed by atoms with van der Waals surface area (Å²) in [4.78, 5) is 19.8. The lowest BCUT2D eigenvalue weighted by molar-refractivity contribution is -0.135. The lowest BCUT2D eigenvalue weighted by Crippen LogP contribution is -2.46. The van der Waals surface area contributed by atoms with Crippen LogP contribution >= 0.6 is 0 Å². The van der Waals surface area contributed by atoms with Crippen molar-refractivity contribution < 1.29 is 4.79 Å². The molecule has 1 amide bonds. The molecule has 0 bridgehead atoms. The van der Waals surface area contributed by atoms with Crippen molar-refractivity contribution in [2.24, 2.45) is 11.8 Å². The fourth-order valence-electron chi connectivity index (χ4n) is 4.84. The third kappa shape index (κ3) is 5.57. The van der Waals surface area contributed by atoms with Gasteiger partial charge in [0.25, 0.3) is 0 Å². The molecule has 0 unspecified atom stereocenters. The van der Waals surface area contributed by atoms with E-state index in [1.807, 2.05) is 13.8 Å². The van der Waals surface area contributed by atoms with E-state index in [4.69, 9.17) is 0 Å². The fraction of sp³-hybridized carbons (Fsp3) is 0.708. The summed E-state index contributed by atoms with van der Waals surface area (Å²) in [7, 11) is 4.21. The molecule has 1 fully saturated rings. The zero-order chi connectivity index (χ0) is 20.1. The third-order valence-corrected chi connectivity index (χ3v) is 6.51. The topological polar surface area (TPSA) is 26.8 Å². The van der Waals surface area contributed by atoms with Crippen molar-refractivity contribution in [2.75, 3.05) is 46.8 Å². The molecular formula is C24H39N3O. The molecule has 4 nitrogen and oxygen atoms in total. The first-order valence-electron chi connectivity index (χ1n) is 11.2. The highest BCUT2D eigenvalue weighted by Gasteiger charge is 2.31. The highest BCUT2D eigenvalue weighted by atomic mass is 16.2. The molecule has 1 aromatic carbocycles. The van der Waals surface area contributed by atoms with Crippen LogP contribution in [0, 0.1) is 11.8 Å². The summed E-state index contributed by atoms with van der Waals surface area (Å²) in [5.74, 6) is 1.07. The first kappa shape index (κ1) is 21.3. The van der Waals surface area contributed by atoms with Gasteiger partial charge in [-0.1, -0.05) is 38.1 Å². The summed E-state index contributed by atoms with van der Waals surface area (Å²) < 4.78 is 0. The van der Waals surface area contributed by atoms with E-state index in [1.54, 1.807) is 11.1 Å². The van der Waals surface area contributed by atoms with Crippen LogP contribution in [0.5, 0.6) is 0 Å². The van der Waals surface area contributed by atoms with Crippen LogP contribution in [-0.4, -0.2) is 73.5 Å². The molecule has 3 rings (SSSR count). The summed E-state index contributed by atoms with van der Waals surface area (Å²) in [5.41, 5.74) is 3.09. The lowest BCUT2D eigenvalue weighted by Gasteiger charge is -2.38. The maximum atomic E-state index is 12.7. The van der Waals surface area contributed by atoms with E-state index in [0.717, 1.165) is 26.1 Å². The Balaban J connectivity index is 1.48. The molecule has 1 heterocycles. The highest BCUT2D eigenvalue weighted by molar-refractivity contribution is 5.78. The number of fused-ring (bicyclic) bond motifs is 1. The van der Waals surface area contributed by atoms with E-state index in [2.05, 4.69) is 53.1 Å². The van der Waals surface area contributed by atoms with E-state index in [1.165, 1.54) is 38.8 Å². The number of likely N-dealkylation sites (tertiary alicyclic amines) is 1. The molecule has 0 radical (unpaired) electrons. The van der Waals surface area contributed by atoms with Gasteiger partial charge in [-0.05, 0) is 82.9 Å². The van der Waals surface area contributed by atoms with Crippen molar-refractivity contribution in [2.45, 2.75) is 52.0 Å². The number of hydrogen-bond donors (Lipinski definition) is 0. The molecule has 0 spiro atoms. The standard InChI is InChI=1S/C24H39N3O/c1-19(2)24(28)27(13-7-12-25(3)4)18-20-10-14-26(15-11-20)23-16-21-8-5-6-9-22(21)17-23/h5-6,8-9,19-20,23H,7,10-18H2,1-4H3. The second-order valence-corrected chi connectivity index (χ2v) is 9.41. The molecule has 156 valence electrons. The van der Waals surface area contributed by atoms with Crippen LogP contribution in [0.3, 0.4) is 0 Å². The summed E-state index contributed by atoms with van der Waals surface area (Å²) in [6.45, 7) is 9.32. The molecule has 28 heavy (non-hydrogen) atoms. The van der Waals surface area contributed by atoms with Gasteiger partial charge in [0, 0.05) is 25.0 Å². The van der Waals surface area contributed by atoms with Crippen molar-refractivity contribution in [3.63, 3.8) is 0 Å². The van der Waals surface area contributed by atoms with Gasteiger partial charge in [0.1, 0.15) is 0 Å². The minimum Gasteiger partial charge on any atom is -0.342 e. The van der Waals surface area contributed by atoms with Gasteiger partial charge >= 0.3 is 0 Å². The summed E-state index contributed by atoms with van der Waals surface area (Å²) in [6, 6.07) is 9.62. The number of amides is 1. The second kappa shape index (κ2) is 9.89. The van der Waals surface area contributed by atoms with Crippen molar-refractivity contribution >= 4 is 5.91 Å². The van der Waals surface area contributed by atoms with Crippen molar-refractivity contribution in [1.29, 1.82) is 0 Å². The van der Waals surface area contributed by atoms with E-state index in [0.29, 0.717) is 17.9 Å². The smallest absolute Gasteiger partial charge is 0.225 e. The number of carbonyl (C=O) groups is 1. The van der Waals surface area contributed by atoms with Crippen molar-refractivity contribution in [3.05, 3.63) is 35.4 Å². The Bertz CT molecular complexity index is 609. The van der Waals surface area contributed by atoms with Gasteiger partial charge in [0.15, 0.2) is 0 Å². The normalized spacial score (nSPS) is 18.8. The molecule has 2 aliphatic rings. The average molecular weight is 386 g/mol. The monoisotopic (exact) mass is 385 g/mol. The molecule has 0 N–H and O–H groups in total. The lowest BCUT2D eigenvalue weighted by atomic mass is 9.94. The van der Waals surface area contributed by atoms with Crippen molar-refractivity contribution in [1.82, 2.24) is 14.7 Å². The van der Waals surface area contributed by atoms with Gasteiger partial charge in [-0.2, -0.15) is 0 Å². The van der Waals surface area contributed by atoms with Crippen LogP contribution in [0.2, 0.25) is 0 Å². The molecule has 1 aliphatic carbocycles. The summed E-state index contributed by atoms with van der Waals surface area (Å²) in [5, 5.41) is 0. The number of nitrogens with zero attached hydrogens (tertiary/aromatic N) is 3. The molecule has 0 atom stereocenters. The van der Waals surface area contributed by atoms with E-state index < -0.39 is 0 Å². The number of hydrogen-bond acceptors (Lipinski definition) is 3. The van der Waals surface area contributed by atoms with Crippen LogP contribution < -0.4 is 0 Å². The Hall–Kier alpha value is -1.39. The van der Waals surface area contributed by atoms with Crippen LogP contribution in [0.1, 0.15) is 44.2 Å². The highest BCUT2D eigenvalue weighted by Crippen LogP contribution is 2.29. The van der Waals surface area contributed by atoms with Gasteiger partial charge < -0.3 is 9.80 Å². The molecule has 0 aromatic heterocycles. The molecule has 1 saturated heterocycles. The summed E-state index contributed by atoms with van der Waals surface area (Å²) >= 11 is 0. The van der Waals surface area contributed by atoms with Crippen LogP contribution in [0.25, 0.3) is 0 Å². The zero-order valence-electron chi connectivity index (χ0n) is 18.4. The average Bonchev–Trinajstić information content (AvgIpc) is 3.11. The van der Waals surface area contributed by atoms with Gasteiger partial charge in [-0.25, -0.2) is 0 Å². The minimum atomic E-state index is 0.0939. The number of rotatable bonds is 8. The first-order valence-corrected chi connectivity index (χ1v) is 11.2. The van der Waals surface area contributed by atoms with E-state index in [9.17, 15) is 4.79 Å². The maximum Gasteiger partial charge on any atom is 0.225 e. The largest absolute Gasteiger partial charge is 0.342 e. The molecule has 0 saturated carbocycles. The van der Waals surface area contributed by atoms with Gasteiger partial charge in [0.2, 0.25) is 5.91 Å². The Morgan fingerprint density at radius 3 is 2.21 bits per heavy atom. The van der Waals surface area contributed by atoms with Crippen LogP contribution in [-0.2, 0) is 17.6 Å². The minimum absolute atomic E-state index is 0.0939. The maximum absolute atomic E-state index is 12.7. The number of carbonyl (C=O) groups excluding carboxylic acids is 1. The number of benzene rings is 1. The van der Waals surface area contributed by atoms with Crippen LogP contribution in [0.15, 0.2) is 24.3 Å². The quantitative estimate of drug-likeness (QED) is 0.687. The third-order valence-electron chi connectivity index (χ3n) is 6.51. The molecule has 4 heteroatoms. The number of piperidine rings is 1. The predicted octanol–water partition coefficient (Wildman–Crippen LogP) is 3.30. The van der Waals surface area contributed by atoms with Gasteiger partial charge in [0.05, 0.1) is 0 Å². The fourth-order valence-corrected chi connectivity index (χ4v) is 4.84. The summed E-state index contributed by atoms with van der Waals surface area (Å²) in [6.07, 6.45) is 5.93. The Labute approximate surface area is 171 Å². The molecular weight excluding hydrogens is 346 g/mol. The predicted molar refractivity (Wildman–Crippen MR) is 117 cm³/mol. The molecule has 1 aromatic rings. The first-order chi connectivity index (χ1) is 13.4. The van der Waals surface area contributed by atoms with Crippen molar-refractivity contribution in [3.8, 4) is 0 Å². The molecule has 1 aliphatic heterocycles. The Morgan fingerprint density at radius 1 is 1.07 bits per heavy atom. The Kier molecular flexibility index (Phi) is 7.53. The van der Waals surface area contributed by atoms with E-state index in [-0.39, 0.29) is 5.92 Å². The SMILES string of the molecule is CC(C)C(=O)N(CCCN(C)C)CC1CCN(C2Cc3ccccc3C2)CC1. The zero-order valence-corrected chi connectivity index (χ0v) is 18.4. The van der Waals surface area contributed by atoms with E-state index >= 15 is 0 Å². The second-order valence-electron chi connectivity index (χ2n) is 9.41. The van der Waals surface area contributed by atoms with Crippen LogP contribution in [0.4, 0.5) is 0 Å². The van der Waals surface area contributed by atoms with Gasteiger partial charge in [-0.3, -0.25) is 9.69 Å².